The first-order valence-corrected chi connectivity index (χ1v) is 7.40. The number of benzene rings is 1. The first-order chi connectivity index (χ1) is 9.56. The Balaban J connectivity index is 1.75. The van der Waals surface area contributed by atoms with Crippen molar-refractivity contribution < 1.29 is 9.90 Å². The first kappa shape index (κ1) is 15.3. The van der Waals surface area contributed by atoms with E-state index in [1.54, 1.807) is 0 Å². The number of hydrogen-bond acceptors (Lipinski definition) is 3. The third-order valence-electron chi connectivity index (χ3n) is 3.84. The normalized spacial score (nSPS) is 26.2. The molecule has 4 nitrogen and oxygen atoms in total. The molecule has 1 aromatic rings. The molecule has 4 N–H and O–H groups in total. The van der Waals surface area contributed by atoms with Crippen molar-refractivity contribution in [1.29, 1.82) is 0 Å². The van der Waals surface area contributed by atoms with Crippen molar-refractivity contribution in [2.45, 2.75) is 37.8 Å². The second kappa shape index (κ2) is 7.07. The third kappa shape index (κ3) is 4.20. The molecule has 3 atom stereocenters. The van der Waals surface area contributed by atoms with Gasteiger partial charge in [-0.2, -0.15) is 0 Å². The molecule has 0 unspecified atom stereocenters. The van der Waals surface area contributed by atoms with Gasteiger partial charge in [0.2, 0.25) is 5.91 Å². The van der Waals surface area contributed by atoms with Gasteiger partial charge in [-0.15, -0.1) is 0 Å². The topological polar surface area (TPSA) is 75.4 Å². The molecule has 0 bridgehead atoms. The summed E-state index contributed by atoms with van der Waals surface area (Å²) in [4.78, 5) is 12.0. The zero-order valence-electron chi connectivity index (χ0n) is 11.4. The molecule has 1 saturated carbocycles. The van der Waals surface area contributed by atoms with Crippen LogP contribution in [0.3, 0.4) is 0 Å². The third-order valence-corrected chi connectivity index (χ3v) is 4.08. The molecule has 0 radical (unpaired) electrons. The molecule has 20 heavy (non-hydrogen) atoms. The molecule has 1 aliphatic rings. The summed E-state index contributed by atoms with van der Waals surface area (Å²) in [5.74, 6) is -0.109. The number of aliphatic hydroxyl groups is 1. The van der Waals surface area contributed by atoms with Crippen molar-refractivity contribution in [1.82, 2.24) is 5.32 Å². The average molecular weight is 297 g/mol. The molecule has 5 heteroatoms. The summed E-state index contributed by atoms with van der Waals surface area (Å²) in [5, 5.41) is 13.3. The van der Waals surface area contributed by atoms with Crippen LogP contribution in [0.2, 0.25) is 5.02 Å². The average Bonchev–Trinajstić information content (AvgIpc) is 2.42. The van der Waals surface area contributed by atoms with Crippen molar-refractivity contribution in [3.05, 3.63) is 34.9 Å². The summed E-state index contributed by atoms with van der Waals surface area (Å²) < 4.78 is 0. The smallest absolute Gasteiger partial charge is 0.223 e. The zero-order chi connectivity index (χ0) is 14.5. The lowest BCUT2D eigenvalue weighted by atomic mass is 9.84. The summed E-state index contributed by atoms with van der Waals surface area (Å²) in [6, 6.07) is 7.43. The van der Waals surface area contributed by atoms with Crippen LogP contribution in [-0.4, -0.2) is 29.7 Å². The molecule has 0 spiro atoms. The Morgan fingerprint density at radius 1 is 1.45 bits per heavy atom. The van der Waals surface area contributed by atoms with E-state index in [4.69, 9.17) is 17.3 Å². The lowest BCUT2D eigenvalue weighted by Gasteiger charge is -2.29. The fraction of sp³-hybridized carbons (Fsp3) is 0.533. The van der Waals surface area contributed by atoms with E-state index < -0.39 is 6.10 Å². The Bertz CT molecular complexity index is 467. The zero-order valence-corrected chi connectivity index (χ0v) is 12.1. The minimum Gasteiger partial charge on any atom is -0.391 e. The number of carbonyl (C=O) groups is 1. The Morgan fingerprint density at radius 3 is 2.95 bits per heavy atom. The standard InChI is InChI=1S/C15H21ClN2O2/c16-12-3-1-2-10(8-12)6-7-18-15(20)11-4-5-13(17)14(19)9-11/h1-3,8,11,13-14,19H,4-7,9,17H2,(H,18,20)/t11-,13-,14-/m0/s1. The lowest BCUT2D eigenvalue weighted by Crippen LogP contribution is -2.44. The Hall–Kier alpha value is -1.10. The van der Waals surface area contributed by atoms with E-state index in [1.807, 2.05) is 24.3 Å². The highest BCUT2D eigenvalue weighted by Crippen LogP contribution is 2.23. The highest BCUT2D eigenvalue weighted by Gasteiger charge is 2.30. The molecular formula is C15H21ClN2O2. The number of amides is 1. The number of nitrogens with one attached hydrogen (secondary N) is 1. The molecule has 0 aliphatic heterocycles. The molecule has 0 heterocycles. The van der Waals surface area contributed by atoms with Crippen molar-refractivity contribution >= 4 is 17.5 Å². The van der Waals surface area contributed by atoms with Gasteiger partial charge in [-0.25, -0.2) is 0 Å². The maximum Gasteiger partial charge on any atom is 0.223 e. The van der Waals surface area contributed by atoms with E-state index in [2.05, 4.69) is 5.32 Å². The van der Waals surface area contributed by atoms with Gasteiger partial charge in [-0.05, 0) is 43.4 Å². The Labute approximate surface area is 124 Å². The molecule has 110 valence electrons. The van der Waals surface area contributed by atoms with Gasteiger partial charge in [0.1, 0.15) is 0 Å². The van der Waals surface area contributed by atoms with E-state index in [0.29, 0.717) is 24.4 Å². The second-order valence-electron chi connectivity index (χ2n) is 5.41. The van der Waals surface area contributed by atoms with Crippen LogP contribution in [-0.2, 0) is 11.2 Å². The maximum atomic E-state index is 12.0. The highest BCUT2D eigenvalue weighted by molar-refractivity contribution is 6.30. The molecule has 2 rings (SSSR count). The van der Waals surface area contributed by atoms with Gasteiger partial charge in [0, 0.05) is 23.5 Å². The van der Waals surface area contributed by atoms with Crippen LogP contribution < -0.4 is 11.1 Å². The van der Waals surface area contributed by atoms with Crippen LogP contribution in [0.15, 0.2) is 24.3 Å². The van der Waals surface area contributed by atoms with Crippen LogP contribution in [0, 0.1) is 5.92 Å². The van der Waals surface area contributed by atoms with E-state index in [0.717, 1.165) is 18.4 Å². The number of aliphatic hydroxyl groups excluding tert-OH is 1. The van der Waals surface area contributed by atoms with Gasteiger partial charge >= 0.3 is 0 Å². The fourth-order valence-corrected chi connectivity index (χ4v) is 2.79. The Morgan fingerprint density at radius 2 is 2.25 bits per heavy atom. The first-order valence-electron chi connectivity index (χ1n) is 7.02. The molecule has 0 aromatic heterocycles. The number of nitrogens with two attached hydrogens (primary N) is 1. The molecule has 1 aliphatic carbocycles. The molecular weight excluding hydrogens is 276 g/mol. The van der Waals surface area contributed by atoms with Crippen molar-refractivity contribution in [2.24, 2.45) is 11.7 Å². The van der Waals surface area contributed by atoms with Crippen LogP contribution in [0.25, 0.3) is 0 Å². The van der Waals surface area contributed by atoms with Gasteiger partial charge in [0.15, 0.2) is 0 Å². The van der Waals surface area contributed by atoms with Gasteiger partial charge in [-0.1, -0.05) is 23.7 Å². The van der Waals surface area contributed by atoms with Crippen molar-refractivity contribution in [3.8, 4) is 0 Å². The lowest BCUT2D eigenvalue weighted by molar-refractivity contribution is -0.127. The Kier molecular flexibility index (Phi) is 5.40. The quantitative estimate of drug-likeness (QED) is 0.788. The molecule has 0 saturated heterocycles. The molecule has 1 amide bonds. The van der Waals surface area contributed by atoms with E-state index >= 15 is 0 Å². The largest absolute Gasteiger partial charge is 0.391 e. The molecule has 1 aromatic carbocycles. The summed E-state index contributed by atoms with van der Waals surface area (Å²) >= 11 is 5.91. The minimum absolute atomic E-state index is 0.0120. The monoisotopic (exact) mass is 296 g/mol. The van der Waals surface area contributed by atoms with E-state index in [1.165, 1.54) is 0 Å². The van der Waals surface area contributed by atoms with Gasteiger partial charge in [0.25, 0.3) is 0 Å². The summed E-state index contributed by atoms with van der Waals surface area (Å²) in [6.07, 6.45) is 2.10. The summed E-state index contributed by atoms with van der Waals surface area (Å²) in [6.45, 7) is 0.581. The van der Waals surface area contributed by atoms with E-state index in [9.17, 15) is 9.90 Å². The number of halogens is 1. The SMILES string of the molecule is N[C@H]1CC[C@H](C(=O)NCCc2cccc(Cl)c2)C[C@@H]1O. The minimum atomic E-state index is -0.563. The van der Waals surface area contributed by atoms with Crippen LogP contribution >= 0.6 is 11.6 Å². The fourth-order valence-electron chi connectivity index (χ4n) is 2.58. The van der Waals surface area contributed by atoms with E-state index in [-0.39, 0.29) is 17.9 Å². The number of hydrogen-bond donors (Lipinski definition) is 3. The second-order valence-corrected chi connectivity index (χ2v) is 5.85. The van der Waals surface area contributed by atoms with Crippen LogP contribution in [0.5, 0.6) is 0 Å². The predicted octanol–water partition coefficient (Wildman–Crippen LogP) is 1.49. The van der Waals surface area contributed by atoms with Crippen LogP contribution in [0.4, 0.5) is 0 Å². The summed E-state index contributed by atoms with van der Waals surface area (Å²) in [5.41, 5.74) is 6.84. The highest BCUT2D eigenvalue weighted by atomic mass is 35.5. The van der Waals surface area contributed by atoms with Gasteiger partial charge < -0.3 is 16.2 Å². The van der Waals surface area contributed by atoms with Gasteiger partial charge in [-0.3, -0.25) is 4.79 Å². The summed E-state index contributed by atoms with van der Waals surface area (Å²) in [7, 11) is 0. The predicted molar refractivity (Wildman–Crippen MR) is 79.5 cm³/mol. The van der Waals surface area contributed by atoms with Gasteiger partial charge in [0.05, 0.1) is 6.10 Å². The van der Waals surface area contributed by atoms with Crippen molar-refractivity contribution in [2.75, 3.05) is 6.54 Å². The van der Waals surface area contributed by atoms with Crippen LogP contribution in [0.1, 0.15) is 24.8 Å². The maximum absolute atomic E-state index is 12.0. The van der Waals surface area contributed by atoms with Crippen molar-refractivity contribution in [3.63, 3.8) is 0 Å². The molecule has 1 fully saturated rings. The number of rotatable bonds is 4. The number of carbonyl (C=O) groups excluding carboxylic acids is 1.